The molecule has 0 unspecified atom stereocenters. The number of carbonyl (C=O) groups is 1. The van der Waals surface area contributed by atoms with E-state index in [4.69, 9.17) is 5.26 Å². The lowest BCUT2D eigenvalue weighted by atomic mass is 9.97. The molecule has 25 heavy (non-hydrogen) atoms. The predicted molar refractivity (Wildman–Crippen MR) is 101 cm³/mol. The van der Waals surface area contributed by atoms with Crippen molar-refractivity contribution in [2.45, 2.75) is 48.1 Å². The molecule has 0 bridgehead atoms. The van der Waals surface area contributed by atoms with Crippen LogP contribution in [0.15, 0.2) is 42.5 Å². The highest BCUT2D eigenvalue weighted by molar-refractivity contribution is 6.09. The summed E-state index contributed by atoms with van der Waals surface area (Å²) in [6.45, 7) is 11.7. The zero-order valence-electron chi connectivity index (χ0n) is 15.9. The Kier molecular flexibility index (Phi) is 14.9. The summed E-state index contributed by atoms with van der Waals surface area (Å²) >= 11 is 0. The Bertz CT molecular complexity index is 659. The number of hydrogen-bond donors (Lipinski definition) is 1. The minimum absolute atomic E-state index is 0.312. The minimum Gasteiger partial charge on any atom is -0.392 e. The van der Waals surface area contributed by atoms with Crippen LogP contribution in [-0.2, 0) is 6.61 Å². The molecule has 0 saturated carbocycles. The van der Waals surface area contributed by atoms with E-state index in [9.17, 15) is 14.3 Å². The third kappa shape index (κ3) is 7.73. The highest BCUT2D eigenvalue weighted by Gasteiger charge is 2.13. The number of rotatable bonds is 3. The SMILES string of the molecule is CC.CC.CC.N#Cc1ccc(C(=O)c2ccc(F)cc2)c(CO)c1. The van der Waals surface area contributed by atoms with Crippen LogP contribution < -0.4 is 0 Å². The van der Waals surface area contributed by atoms with Crippen molar-refractivity contribution in [2.24, 2.45) is 0 Å². The van der Waals surface area contributed by atoms with Crippen LogP contribution in [0.3, 0.4) is 0 Å². The molecule has 1 N–H and O–H groups in total. The second-order valence-corrected chi connectivity index (χ2v) is 3.98. The fraction of sp³-hybridized carbons (Fsp3) is 0.333. The fourth-order valence-electron chi connectivity index (χ4n) is 1.77. The molecule has 0 radical (unpaired) electrons. The number of ketones is 1. The first-order valence-corrected chi connectivity index (χ1v) is 8.60. The largest absolute Gasteiger partial charge is 0.392 e. The lowest BCUT2D eigenvalue weighted by Crippen LogP contribution is -2.06. The van der Waals surface area contributed by atoms with Crippen LogP contribution in [-0.4, -0.2) is 10.9 Å². The maximum Gasteiger partial charge on any atom is 0.193 e. The van der Waals surface area contributed by atoms with Gasteiger partial charge < -0.3 is 5.11 Å². The number of aliphatic hydroxyl groups excluding tert-OH is 1. The quantitative estimate of drug-likeness (QED) is 0.747. The Balaban J connectivity index is 0. The van der Waals surface area contributed by atoms with Crippen molar-refractivity contribution in [1.82, 2.24) is 0 Å². The van der Waals surface area contributed by atoms with Gasteiger partial charge in [0, 0.05) is 11.1 Å². The third-order valence-electron chi connectivity index (χ3n) is 2.76. The van der Waals surface area contributed by atoms with E-state index in [1.807, 2.05) is 47.6 Å². The van der Waals surface area contributed by atoms with Crippen molar-refractivity contribution < 1.29 is 14.3 Å². The van der Waals surface area contributed by atoms with Crippen LogP contribution in [0, 0.1) is 17.1 Å². The first kappa shape index (κ1) is 24.7. The van der Waals surface area contributed by atoms with E-state index in [1.54, 1.807) is 0 Å². The van der Waals surface area contributed by atoms with Crippen LogP contribution >= 0.6 is 0 Å². The van der Waals surface area contributed by atoms with Crippen LogP contribution in [0.25, 0.3) is 0 Å². The molecule has 0 saturated heterocycles. The van der Waals surface area contributed by atoms with Gasteiger partial charge in [-0.1, -0.05) is 41.5 Å². The van der Waals surface area contributed by atoms with E-state index < -0.39 is 5.82 Å². The number of nitriles is 1. The van der Waals surface area contributed by atoms with Crippen molar-refractivity contribution in [3.63, 3.8) is 0 Å². The van der Waals surface area contributed by atoms with Crippen molar-refractivity contribution >= 4 is 5.78 Å². The Morgan fingerprint density at radius 3 is 1.96 bits per heavy atom. The van der Waals surface area contributed by atoms with Crippen molar-refractivity contribution in [2.75, 3.05) is 0 Å². The summed E-state index contributed by atoms with van der Waals surface area (Å²) in [6, 6.07) is 11.6. The monoisotopic (exact) mass is 345 g/mol. The zero-order chi connectivity index (χ0) is 19.8. The molecule has 0 aliphatic rings. The molecule has 136 valence electrons. The van der Waals surface area contributed by atoms with E-state index in [0.717, 1.165) is 0 Å². The molecule has 0 amide bonds. The third-order valence-corrected chi connectivity index (χ3v) is 2.76. The zero-order valence-corrected chi connectivity index (χ0v) is 15.9. The van der Waals surface area contributed by atoms with Gasteiger partial charge in [-0.15, -0.1) is 0 Å². The number of carbonyl (C=O) groups excluding carboxylic acids is 1. The second kappa shape index (κ2) is 15.0. The summed E-state index contributed by atoms with van der Waals surface area (Å²) in [5.41, 5.74) is 1.40. The molecule has 0 heterocycles. The van der Waals surface area contributed by atoms with Gasteiger partial charge in [0.05, 0.1) is 18.2 Å². The molecule has 3 nitrogen and oxygen atoms in total. The maximum absolute atomic E-state index is 12.8. The second-order valence-electron chi connectivity index (χ2n) is 3.98. The molecule has 0 aliphatic heterocycles. The first-order chi connectivity index (χ1) is 12.2. The molecule has 2 aromatic rings. The summed E-state index contributed by atoms with van der Waals surface area (Å²) in [6.07, 6.45) is 0. The summed E-state index contributed by atoms with van der Waals surface area (Å²) in [5, 5.41) is 18.0. The van der Waals surface area contributed by atoms with Gasteiger partial charge in [-0.25, -0.2) is 4.39 Å². The van der Waals surface area contributed by atoms with E-state index >= 15 is 0 Å². The Hall–Kier alpha value is -2.51. The molecular weight excluding hydrogens is 317 g/mol. The van der Waals surface area contributed by atoms with Gasteiger partial charge in [0.25, 0.3) is 0 Å². The summed E-state index contributed by atoms with van der Waals surface area (Å²) in [4.78, 5) is 12.2. The molecule has 0 aliphatic carbocycles. The fourth-order valence-corrected chi connectivity index (χ4v) is 1.77. The summed E-state index contributed by atoms with van der Waals surface area (Å²) < 4.78 is 12.8. The maximum atomic E-state index is 12.8. The van der Waals surface area contributed by atoms with Gasteiger partial charge >= 0.3 is 0 Å². The van der Waals surface area contributed by atoms with E-state index in [-0.39, 0.29) is 12.4 Å². The lowest BCUT2D eigenvalue weighted by molar-refractivity contribution is 0.103. The molecule has 2 rings (SSSR count). The Morgan fingerprint density at radius 2 is 1.52 bits per heavy atom. The van der Waals surface area contributed by atoms with E-state index in [1.165, 1.54) is 42.5 Å². The molecular formula is C21H28FNO2. The van der Waals surface area contributed by atoms with Gasteiger partial charge in [-0.3, -0.25) is 4.79 Å². The summed E-state index contributed by atoms with van der Waals surface area (Å²) in [7, 11) is 0. The Labute approximate surface area is 150 Å². The van der Waals surface area contributed by atoms with Gasteiger partial charge in [0.1, 0.15) is 5.82 Å². The van der Waals surface area contributed by atoms with E-state index in [0.29, 0.717) is 22.3 Å². The van der Waals surface area contributed by atoms with Crippen LogP contribution in [0.2, 0.25) is 0 Å². The highest BCUT2D eigenvalue weighted by Crippen LogP contribution is 2.17. The number of aliphatic hydroxyl groups is 1. The minimum atomic E-state index is -0.418. The average Bonchev–Trinajstić information content (AvgIpc) is 2.72. The molecule has 0 fully saturated rings. The van der Waals surface area contributed by atoms with Crippen LogP contribution in [0.4, 0.5) is 4.39 Å². The Morgan fingerprint density at radius 1 is 1.00 bits per heavy atom. The van der Waals surface area contributed by atoms with Gasteiger partial charge in [-0.2, -0.15) is 5.26 Å². The van der Waals surface area contributed by atoms with Gasteiger partial charge in [-0.05, 0) is 48.0 Å². The standard InChI is InChI=1S/C15H10FNO2.3C2H6/c16-13-4-2-11(3-5-13)15(19)14-6-1-10(8-17)7-12(14)9-18;3*1-2/h1-7,18H,9H2;3*1-2H3. The lowest BCUT2D eigenvalue weighted by Gasteiger charge is -2.07. The molecule has 0 atom stereocenters. The highest BCUT2D eigenvalue weighted by atomic mass is 19.1. The first-order valence-electron chi connectivity index (χ1n) is 8.60. The number of benzene rings is 2. The normalized spacial score (nSPS) is 8.28. The van der Waals surface area contributed by atoms with Crippen LogP contribution in [0.5, 0.6) is 0 Å². The van der Waals surface area contributed by atoms with Crippen LogP contribution in [0.1, 0.15) is 68.6 Å². The van der Waals surface area contributed by atoms with Crippen molar-refractivity contribution in [1.29, 1.82) is 5.26 Å². The number of nitrogens with zero attached hydrogens (tertiary/aromatic N) is 1. The number of halogens is 1. The average molecular weight is 345 g/mol. The van der Waals surface area contributed by atoms with E-state index in [2.05, 4.69) is 0 Å². The van der Waals surface area contributed by atoms with Gasteiger partial charge in [0.2, 0.25) is 0 Å². The molecule has 4 heteroatoms. The smallest absolute Gasteiger partial charge is 0.193 e. The van der Waals surface area contributed by atoms with Gasteiger partial charge in [0.15, 0.2) is 5.78 Å². The summed E-state index contributed by atoms with van der Waals surface area (Å²) in [5.74, 6) is -0.729. The molecule has 2 aromatic carbocycles. The topological polar surface area (TPSA) is 61.1 Å². The van der Waals surface area contributed by atoms with Crippen molar-refractivity contribution in [3.8, 4) is 6.07 Å². The predicted octanol–water partition coefficient (Wildman–Crippen LogP) is 5.50. The molecule has 0 aromatic heterocycles. The van der Waals surface area contributed by atoms with Crippen molar-refractivity contribution in [3.05, 3.63) is 70.5 Å². The number of hydrogen-bond acceptors (Lipinski definition) is 3. The molecule has 0 spiro atoms.